The smallest absolute Gasteiger partial charge is 0.324 e. The average molecular weight is 244 g/mol. The van der Waals surface area contributed by atoms with Gasteiger partial charge in [-0.3, -0.25) is 9.69 Å². The highest BCUT2D eigenvalue weighted by Gasteiger charge is 2.22. The summed E-state index contributed by atoms with van der Waals surface area (Å²) in [5, 5.41) is 3.19. The van der Waals surface area contributed by atoms with Gasteiger partial charge in [0, 0.05) is 12.6 Å². The molecule has 0 heterocycles. The lowest BCUT2D eigenvalue weighted by molar-refractivity contribution is -0.146. The fourth-order valence-electron chi connectivity index (χ4n) is 1.79. The number of likely N-dealkylation sites (N-methyl/N-ethyl adjacent to an activating group) is 1. The first-order valence-corrected chi connectivity index (χ1v) is 6.70. The van der Waals surface area contributed by atoms with Crippen molar-refractivity contribution < 1.29 is 9.53 Å². The molecule has 0 aliphatic rings. The second-order valence-corrected chi connectivity index (χ2v) is 4.45. The molecular weight excluding hydrogens is 216 g/mol. The highest BCUT2D eigenvalue weighted by atomic mass is 16.5. The Kier molecular flexibility index (Phi) is 9.09. The van der Waals surface area contributed by atoms with Gasteiger partial charge < -0.3 is 10.1 Å². The van der Waals surface area contributed by atoms with Crippen LogP contribution in [0.25, 0.3) is 0 Å². The van der Waals surface area contributed by atoms with Gasteiger partial charge in [-0.15, -0.1) is 0 Å². The number of ether oxygens (including phenoxy) is 1. The molecule has 0 fully saturated rings. The summed E-state index contributed by atoms with van der Waals surface area (Å²) in [6, 6.07) is 0.236. The Morgan fingerprint density at radius 1 is 1.29 bits per heavy atom. The van der Waals surface area contributed by atoms with Crippen LogP contribution >= 0.6 is 0 Å². The van der Waals surface area contributed by atoms with Gasteiger partial charge in [0.1, 0.15) is 6.04 Å². The van der Waals surface area contributed by atoms with Gasteiger partial charge in [-0.25, -0.2) is 0 Å². The van der Waals surface area contributed by atoms with E-state index in [0.29, 0.717) is 12.6 Å². The highest BCUT2D eigenvalue weighted by Crippen LogP contribution is 2.03. The molecule has 0 aliphatic heterocycles. The first kappa shape index (κ1) is 16.4. The zero-order valence-electron chi connectivity index (χ0n) is 12.0. The maximum absolute atomic E-state index is 11.8. The lowest BCUT2D eigenvalue weighted by Crippen LogP contribution is -2.49. The van der Waals surface area contributed by atoms with Crippen molar-refractivity contribution in [1.29, 1.82) is 0 Å². The van der Waals surface area contributed by atoms with Crippen LogP contribution in [0.1, 0.15) is 41.0 Å². The SMILES string of the molecule is CCCN(CC(NCC)C(=O)OCC)C(C)C. The third kappa shape index (κ3) is 6.64. The van der Waals surface area contributed by atoms with Gasteiger partial charge in [-0.05, 0) is 40.3 Å². The minimum Gasteiger partial charge on any atom is -0.465 e. The Morgan fingerprint density at radius 2 is 1.94 bits per heavy atom. The normalized spacial score (nSPS) is 13.1. The number of carbonyl (C=O) groups excluding carboxylic acids is 1. The van der Waals surface area contributed by atoms with Crippen LogP contribution in [0.15, 0.2) is 0 Å². The molecule has 1 atom stereocenters. The standard InChI is InChI=1S/C13H28N2O2/c1-6-9-15(11(4)5)10-12(14-7-2)13(16)17-8-3/h11-12,14H,6-10H2,1-5H3. The Hall–Kier alpha value is -0.610. The van der Waals surface area contributed by atoms with E-state index in [4.69, 9.17) is 4.74 Å². The molecule has 0 aromatic rings. The Balaban J connectivity index is 4.42. The lowest BCUT2D eigenvalue weighted by atomic mass is 10.2. The van der Waals surface area contributed by atoms with Gasteiger partial charge >= 0.3 is 5.97 Å². The number of nitrogens with zero attached hydrogens (tertiary/aromatic N) is 1. The van der Waals surface area contributed by atoms with Crippen LogP contribution in [0.5, 0.6) is 0 Å². The molecule has 0 aromatic heterocycles. The lowest BCUT2D eigenvalue weighted by Gasteiger charge is -2.29. The van der Waals surface area contributed by atoms with Gasteiger partial charge in [-0.2, -0.15) is 0 Å². The first-order chi connectivity index (χ1) is 8.06. The summed E-state index contributed by atoms with van der Waals surface area (Å²) in [6.07, 6.45) is 1.10. The van der Waals surface area contributed by atoms with Crippen LogP contribution in [-0.4, -0.2) is 49.2 Å². The van der Waals surface area contributed by atoms with Crippen molar-refractivity contribution in [1.82, 2.24) is 10.2 Å². The molecular formula is C13H28N2O2. The summed E-state index contributed by atoms with van der Waals surface area (Å²) in [6.45, 7) is 13.3. The van der Waals surface area contributed by atoms with Crippen molar-refractivity contribution in [3.05, 3.63) is 0 Å². The van der Waals surface area contributed by atoms with Crippen LogP contribution in [0.4, 0.5) is 0 Å². The Morgan fingerprint density at radius 3 is 2.35 bits per heavy atom. The van der Waals surface area contributed by atoms with E-state index in [-0.39, 0.29) is 12.0 Å². The molecule has 0 rings (SSSR count). The molecule has 0 aromatic carbocycles. The van der Waals surface area contributed by atoms with Crippen LogP contribution in [-0.2, 0) is 9.53 Å². The highest BCUT2D eigenvalue weighted by molar-refractivity contribution is 5.76. The van der Waals surface area contributed by atoms with E-state index in [2.05, 4.69) is 31.0 Å². The molecule has 0 spiro atoms. The van der Waals surface area contributed by atoms with Crippen LogP contribution in [0.2, 0.25) is 0 Å². The molecule has 17 heavy (non-hydrogen) atoms. The maximum Gasteiger partial charge on any atom is 0.324 e. The molecule has 1 unspecified atom stereocenters. The third-order valence-electron chi connectivity index (χ3n) is 2.68. The summed E-state index contributed by atoms with van der Waals surface area (Å²) in [7, 11) is 0. The zero-order valence-corrected chi connectivity index (χ0v) is 12.0. The maximum atomic E-state index is 11.8. The molecule has 0 aliphatic carbocycles. The summed E-state index contributed by atoms with van der Waals surface area (Å²) in [4.78, 5) is 14.1. The monoisotopic (exact) mass is 244 g/mol. The van der Waals surface area contributed by atoms with Crippen molar-refractivity contribution in [2.24, 2.45) is 0 Å². The minimum atomic E-state index is -0.214. The number of hydrogen-bond donors (Lipinski definition) is 1. The van der Waals surface area contributed by atoms with Gasteiger partial charge in [-0.1, -0.05) is 13.8 Å². The largest absolute Gasteiger partial charge is 0.465 e. The summed E-state index contributed by atoms with van der Waals surface area (Å²) >= 11 is 0. The summed E-state index contributed by atoms with van der Waals surface area (Å²) in [5.41, 5.74) is 0. The predicted molar refractivity (Wildman–Crippen MR) is 71.1 cm³/mol. The minimum absolute atomic E-state index is 0.142. The third-order valence-corrected chi connectivity index (χ3v) is 2.68. The van der Waals surface area contributed by atoms with Crippen LogP contribution < -0.4 is 5.32 Å². The molecule has 0 amide bonds. The molecule has 4 heteroatoms. The first-order valence-electron chi connectivity index (χ1n) is 6.70. The van der Waals surface area contributed by atoms with Crippen molar-refractivity contribution in [3.63, 3.8) is 0 Å². The quantitative estimate of drug-likeness (QED) is 0.626. The predicted octanol–water partition coefficient (Wildman–Crippen LogP) is 1.65. The van der Waals surface area contributed by atoms with E-state index >= 15 is 0 Å². The molecule has 0 bridgehead atoms. The van der Waals surface area contributed by atoms with E-state index in [1.807, 2.05) is 13.8 Å². The second-order valence-electron chi connectivity index (χ2n) is 4.45. The van der Waals surface area contributed by atoms with E-state index < -0.39 is 0 Å². The number of hydrogen-bond acceptors (Lipinski definition) is 4. The molecule has 0 radical (unpaired) electrons. The Labute approximate surface area is 106 Å². The zero-order chi connectivity index (χ0) is 13.3. The number of esters is 1. The van der Waals surface area contributed by atoms with Crippen LogP contribution in [0.3, 0.4) is 0 Å². The van der Waals surface area contributed by atoms with Crippen molar-refractivity contribution in [2.75, 3.05) is 26.2 Å². The Bertz CT molecular complexity index is 208. The molecule has 0 saturated carbocycles. The van der Waals surface area contributed by atoms with Crippen LogP contribution in [0, 0.1) is 0 Å². The fraction of sp³-hybridized carbons (Fsp3) is 0.923. The topological polar surface area (TPSA) is 41.6 Å². The molecule has 4 nitrogen and oxygen atoms in total. The number of nitrogens with one attached hydrogen (secondary N) is 1. The average Bonchev–Trinajstić information content (AvgIpc) is 2.27. The van der Waals surface area contributed by atoms with Gasteiger partial charge in [0.2, 0.25) is 0 Å². The number of rotatable bonds is 9. The van der Waals surface area contributed by atoms with Crippen molar-refractivity contribution in [2.45, 2.75) is 53.1 Å². The molecule has 1 N–H and O–H groups in total. The van der Waals surface area contributed by atoms with Gasteiger partial charge in [0.25, 0.3) is 0 Å². The van der Waals surface area contributed by atoms with Crippen molar-refractivity contribution in [3.8, 4) is 0 Å². The van der Waals surface area contributed by atoms with Crippen molar-refractivity contribution >= 4 is 5.97 Å². The van der Waals surface area contributed by atoms with Gasteiger partial charge in [0.15, 0.2) is 0 Å². The molecule has 102 valence electrons. The van der Waals surface area contributed by atoms with E-state index in [0.717, 1.165) is 26.1 Å². The number of carbonyl (C=O) groups is 1. The molecule has 0 saturated heterocycles. The van der Waals surface area contributed by atoms with E-state index in [1.54, 1.807) is 0 Å². The van der Waals surface area contributed by atoms with E-state index in [1.165, 1.54) is 0 Å². The summed E-state index contributed by atoms with van der Waals surface area (Å²) < 4.78 is 5.09. The second kappa shape index (κ2) is 9.42. The van der Waals surface area contributed by atoms with E-state index in [9.17, 15) is 4.79 Å². The van der Waals surface area contributed by atoms with Gasteiger partial charge in [0.05, 0.1) is 6.61 Å². The fourth-order valence-corrected chi connectivity index (χ4v) is 1.79. The summed E-state index contributed by atoms with van der Waals surface area (Å²) in [5.74, 6) is -0.142.